The Labute approximate surface area is 410 Å². The van der Waals surface area contributed by atoms with Crippen LogP contribution in [0.2, 0.25) is 0 Å². The molecule has 390 valence electrons. The molecule has 0 bridgehead atoms. The molecule has 0 aromatic heterocycles. The topological polar surface area (TPSA) is 340 Å². The number of rotatable bonds is 5. The van der Waals surface area contributed by atoms with Gasteiger partial charge in [-0.1, -0.05) is 48.0 Å². The number of likely N-dealkylation sites (tertiary alicyclic amines) is 1. The van der Waals surface area contributed by atoms with Crippen LogP contribution < -0.4 is 58.5 Å². The van der Waals surface area contributed by atoms with E-state index in [2.05, 4.69) is 58.5 Å². The number of hydrogen-bond donors (Lipinski definition) is 11. The first kappa shape index (κ1) is 56.5. The third-order valence-corrected chi connectivity index (χ3v) is 10.8. The average molecular weight is 1020 g/mol. The largest absolute Gasteiger partial charge is 0.416 e. The lowest BCUT2D eigenvalue weighted by Crippen LogP contribution is -2.54. The minimum Gasteiger partial charge on any atom is -0.347 e. The first-order valence-electron chi connectivity index (χ1n) is 22.7. The van der Waals surface area contributed by atoms with Crippen molar-refractivity contribution in [3.8, 4) is 0 Å². The molecule has 0 radical (unpaired) electrons. The molecule has 27 heteroatoms. The number of alkyl halides is 3. The van der Waals surface area contributed by atoms with Crippen LogP contribution in [0.3, 0.4) is 0 Å². The zero-order valence-corrected chi connectivity index (χ0v) is 39.1. The third kappa shape index (κ3) is 20.1. The van der Waals surface area contributed by atoms with Crippen molar-refractivity contribution in [2.24, 2.45) is 0 Å². The molecule has 3 unspecified atom stereocenters. The van der Waals surface area contributed by atoms with E-state index in [1.165, 1.54) is 11.0 Å². The van der Waals surface area contributed by atoms with Gasteiger partial charge in [0.1, 0.15) is 18.1 Å². The monoisotopic (exact) mass is 1010 g/mol. The number of amides is 12. The van der Waals surface area contributed by atoms with E-state index < -0.39 is 172 Å². The van der Waals surface area contributed by atoms with Crippen molar-refractivity contribution in [2.75, 3.05) is 65.4 Å². The molecule has 2 aliphatic rings. The Bertz CT molecular complexity index is 2350. The SMILES string of the molecule is Cc1ccc(CC2NC(=O)CNC(=O)CNC(=O)CNC(=O)CNC(=O)CC(C(=O)N3CCCCC3)NC(=O)CNC(=O)CNC(=O)C(Cc3ccccc3C(F)(F)F)NC(=O)CNC(=O)CNC2=O)cc1. The Morgan fingerprint density at radius 3 is 1.38 bits per heavy atom. The lowest BCUT2D eigenvalue weighted by Gasteiger charge is -2.30. The van der Waals surface area contributed by atoms with Gasteiger partial charge in [0.15, 0.2) is 0 Å². The van der Waals surface area contributed by atoms with Crippen molar-refractivity contribution in [1.82, 2.24) is 63.4 Å². The summed E-state index contributed by atoms with van der Waals surface area (Å²) >= 11 is 0. The van der Waals surface area contributed by atoms with Crippen molar-refractivity contribution in [3.63, 3.8) is 0 Å². The summed E-state index contributed by atoms with van der Waals surface area (Å²) in [4.78, 5) is 157. The van der Waals surface area contributed by atoms with Gasteiger partial charge >= 0.3 is 6.18 Å². The number of benzene rings is 2. The molecule has 4 rings (SSSR count). The molecule has 11 N–H and O–H groups in total. The predicted octanol–water partition coefficient (Wildman–Crippen LogP) is -4.40. The van der Waals surface area contributed by atoms with E-state index in [1.54, 1.807) is 24.3 Å². The summed E-state index contributed by atoms with van der Waals surface area (Å²) in [6.07, 6.45) is -4.21. The highest BCUT2D eigenvalue weighted by atomic mass is 19.4. The van der Waals surface area contributed by atoms with E-state index in [0.29, 0.717) is 31.5 Å². The standard InChI is InChI=1S/C45H57F3N12O12/c1-26-9-11-27(12-10-26)15-30-42(70)55-21-37(65)53-24-40(68)58-31(16-28-7-3-4-8-29(28)45(46,47)48)43(71)56-22-38(66)54-25-41(69)59-32(44(72)60-13-5-2-6-14-60)17-33(61)49-18-34(62)50-19-35(63)51-20-36(64)52-23-39(67)57-30/h3-4,7-12,30-32H,2,5-6,13-25H2,1H3,(H,49,61)(H,50,62)(H,51,63)(H,52,64)(H,53,65)(H,54,66)(H,55,70)(H,56,71)(H,57,67)(H,58,68)(H,59,69). The normalized spacial score (nSPS) is 21.2. The molecule has 24 nitrogen and oxygen atoms in total. The van der Waals surface area contributed by atoms with Crippen molar-refractivity contribution in [1.29, 1.82) is 0 Å². The molecule has 2 aliphatic heterocycles. The van der Waals surface area contributed by atoms with Gasteiger partial charge in [0, 0.05) is 25.9 Å². The number of nitrogens with zero attached hydrogens (tertiary/aromatic N) is 1. The Morgan fingerprint density at radius 2 is 0.903 bits per heavy atom. The number of carbonyl (C=O) groups is 12. The third-order valence-electron chi connectivity index (χ3n) is 10.8. The molecule has 3 atom stereocenters. The van der Waals surface area contributed by atoms with Gasteiger partial charge in [-0.3, -0.25) is 57.5 Å². The summed E-state index contributed by atoms with van der Waals surface area (Å²) in [5.74, 6) is -10.8. The van der Waals surface area contributed by atoms with E-state index >= 15 is 0 Å². The molecular formula is C45H57F3N12O12. The number of halogens is 3. The Kier molecular flexibility index (Phi) is 21.9. The summed E-state index contributed by atoms with van der Waals surface area (Å²) in [5, 5.41) is 25.0. The zero-order valence-electron chi connectivity index (χ0n) is 39.1. The fourth-order valence-electron chi connectivity index (χ4n) is 7.07. The van der Waals surface area contributed by atoms with Gasteiger partial charge in [0.05, 0.1) is 64.3 Å². The van der Waals surface area contributed by atoms with Gasteiger partial charge in [-0.15, -0.1) is 0 Å². The molecule has 0 saturated carbocycles. The van der Waals surface area contributed by atoms with Gasteiger partial charge in [-0.2, -0.15) is 13.2 Å². The predicted molar refractivity (Wildman–Crippen MR) is 245 cm³/mol. The molecule has 12 amide bonds. The summed E-state index contributed by atoms with van der Waals surface area (Å²) in [5.41, 5.74) is -0.0526. The fraction of sp³-hybridized carbons (Fsp3) is 0.467. The van der Waals surface area contributed by atoms with E-state index in [4.69, 9.17) is 0 Å². The lowest BCUT2D eigenvalue weighted by molar-refractivity contribution is -0.139. The highest BCUT2D eigenvalue weighted by Crippen LogP contribution is 2.32. The van der Waals surface area contributed by atoms with Gasteiger partial charge in [0.2, 0.25) is 70.9 Å². The number of nitrogens with one attached hydrogen (secondary N) is 11. The summed E-state index contributed by atoms with van der Waals surface area (Å²) in [6.45, 7) is -3.37. The van der Waals surface area contributed by atoms with E-state index in [-0.39, 0.29) is 6.42 Å². The number of aryl methyl sites for hydroxylation is 1. The highest BCUT2D eigenvalue weighted by molar-refractivity contribution is 5.97. The molecule has 2 fully saturated rings. The second-order valence-electron chi connectivity index (χ2n) is 16.6. The van der Waals surface area contributed by atoms with Gasteiger partial charge in [0.25, 0.3) is 0 Å². The van der Waals surface area contributed by atoms with Crippen LogP contribution in [0.5, 0.6) is 0 Å². The van der Waals surface area contributed by atoms with Gasteiger partial charge < -0.3 is 63.4 Å². The number of piperidine rings is 1. The zero-order chi connectivity index (χ0) is 52.8. The molecule has 2 aromatic carbocycles. The minimum absolute atomic E-state index is 0.0852. The second-order valence-corrected chi connectivity index (χ2v) is 16.6. The Hall–Kier alpha value is -8.13. The molecular weight excluding hydrogens is 958 g/mol. The smallest absolute Gasteiger partial charge is 0.347 e. The average Bonchev–Trinajstić information content (AvgIpc) is 3.35. The van der Waals surface area contributed by atoms with E-state index in [0.717, 1.165) is 30.2 Å². The Balaban J connectivity index is 1.51. The van der Waals surface area contributed by atoms with E-state index in [9.17, 15) is 70.7 Å². The number of carbonyl (C=O) groups excluding carboxylic acids is 12. The van der Waals surface area contributed by atoms with Crippen LogP contribution in [0.1, 0.15) is 47.9 Å². The van der Waals surface area contributed by atoms with Crippen LogP contribution in [0, 0.1) is 6.92 Å². The molecule has 2 heterocycles. The molecule has 0 aliphatic carbocycles. The number of hydrogen-bond acceptors (Lipinski definition) is 12. The lowest BCUT2D eigenvalue weighted by atomic mass is 9.99. The highest BCUT2D eigenvalue weighted by Gasteiger charge is 2.35. The van der Waals surface area contributed by atoms with Crippen LogP contribution in [0.4, 0.5) is 13.2 Å². The quantitative estimate of drug-likeness (QED) is 0.135. The second kappa shape index (κ2) is 27.9. The van der Waals surface area contributed by atoms with Crippen LogP contribution in [-0.4, -0.2) is 159 Å². The minimum atomic E-state index is -4.87. The summed E-state index contributed by atoms with van der Waals surface area (Å²) < 4.78 is 41.8. The molecule has 2 aromatic rings. The molecule has 0 spiro atoms. The van der Waals surface area contributed by atoms with Crippen molar-refractivity contribution in [3.05, 3.63) is 70.8 Å². The maximum Gasteiger partial charge on any atom is 0.416 e. The van der Waals surface area contributed by atoms with Gasteiger partial charge in [-0.25, -0.2) is 0 Å². The van der Waals surface area contributed by atoms with Crippen molar-refractivity contribution < 1.29 is 70.7 Å². The Morgan fingerprint density at radius 1 is 0.500 bits per heavy atom. The maximum absolute atomic E-state index is 13.9. The van der Waals surface area contributed by atoms with Crippen LogP contribution in [-0.2, 0) is 76.6 Å². The van der Waals surface area contributed by atoms with E-state index in [1.807, 2.05) is 6.92 Å². The summed E-state index contributed by atoms with van der Waals surface area (Å²) in [7, 11) is 0. The van der Waals surface area contributed by atoms with Crippen molar-refractivity contribution >= 4 is 70.9 Å². The summed E-state index contributed by atoms with van der Waals surface area (Å²) in [6, 6.07) is 6.54. The van der Waals surface area contributed by atoms with Crippen LogP contribution >= 0.6 is 0 Å². The maximum atomic E-state index is 13.9. The van der Waals surface area contributed by atoms with Crippen LogP contribution in [0.25, 0.3) is 0 Å². The first-order valence-corrected chi connectivity index (χ1v) is 22.7. The van der Waals surface area contributed by atoms with Crippen molar-refractivity contribution in [2.45, 2.75) is 69.8 Å². The van der Waals surface area contributed by atoms with Crippen LogP contribution in [0.15, 0.2) is 48.5 Å². The fourth-order valence-corrected chi connectivity index (χ4v) is 7.07. The molecule has 72 heavy (non-hydrogen) atoms. The first-order chi connectivity index (χ1) is 34.2. The molecule has 2 saturated heterocycles. The van der Waals surface area contributed by atoms with Gasteiger partial charge in [-0.05, 0) is 43.4 Å².